The molecule has 0 aromatic heterocycles. The number of nitrogens with one attached hydrogen (secondary N) is 1. The molecule has 1 N–H and O–H groups in total. The molecule has 0 aromatic carbocycles. The van der Waals surface area contributed by atoms with Crippen molar-refractivity contribution in [2.24, 2.45) is 5.92 Å². The summed E-state index contributed by atoms with van der Waals surface area (Å²) in [5.41, 5.74) is 0. The van der Waals surface area contributed by atoms with Gasteiger partial charge in [-0.2, -0.15) is 11.8 Å². The molecule has 1 nitrogen and oxygen atoms in total. The summed E-state index contributed by atoms with van der Waals surface area (Å²) >= 11 is 1.48. The van der Waals surface area contributed by atoms with E-state index >= 15 is 0 Å². The highest BCUT2D eigenvalue weighted by atomic mass is 32.2. The molecule has 0 bridgehead atoms. The van der Waals surface area contributed by atoms with Gasteiger partial charge in [-0.3, -0.25) is 0 Å². The van der Waals surface area contributed by atoms with Crippen molar-refractivity contribution in [3.8, 4) is 0 Å². The smallest absolute Gasteiger partial charge is 0.265 e. The maximum absolute atomic E-state index is 12.7. The average molecular weight is 167 g/mol. The standard InChI is InChI=1S/C6H11F2NS/c1-10-3-5-2-9-4-6(5,7)8/h5,9H,2-4H2,1H3. The van der Waals surface area contributed by atoms with Crippen LogP contribution in [0.5, 0.6) is 0 Å². The fraction of sp³-hybridized carbons (Fsp3) is 1.00. The van der Waals surface area contributed by atoms with Gasteiger partial charge in [-0.25, -0.2) is 8.78 Å². The summed E-state index contributed by atoms with van der Waals surface area (Å²) in [4.78, 5) is 0. The van der Waals surface area contributed by atoms with Crippen LogP contribution in [0.25, 0.3) is 0 Å². The van der Waals surface area contributed by atoms with Gasteiger partial charge in [0.25, 0.3) is 5.92 Å². The Morgan fingerprint density at radius 1 is 1.70 bits per heavy atom. The molecule has 0 radical (unpaired) electrons. The Bertz CT molecular complexity index is 118. The first-order chi connectivity index (χ1) is 4.67. The van der Waals surface area contributed by atoms with Gasteiger partial charge in [0.1, 0.15) is 0 Å². The van der Waals surface area contributed by atoms with E-state index in [0.29, 0.717) is 12.3 Å². The summed E-state index contributed by atoms with van der Waals surface area (Å²) in [5.74, 6) is -2.37. The largest absolute Gasteiger partial charge is 0.311 e. The molecule has 10 heavy (non-hydrogen) atoms. The van der Waals surface area contributed by atoms with Crippen molar-refractivity contribution in [1.29, 1.82) is 0 Å². The SMILES string of the molecule is CSCC1CNCC1(F)F. The van der Waals surface area contributed by atoms with Crippen LogP contribution in [0.2, 0.25) is 0 Å². The molecule has 1 atom stereocenters. The minimum absolute atomic E-state index is 0.141. The summed E-state index contributed by atoms with van der Waals surface area (Å²) in [6, 6.07) is 0. The van der Waals surface area contributed by atoms with Crippen molar-refractivity contribution in [2.75, 3.05) is 25.1 Å². The predicted molar refractivity (Wildman–Crippen MR) is 39.7 cm³/mol. The zero-order valence-corrected chi connectivity index (χ0v) is 6.68. The fourth-order valence-electron chi connectivity index (χ4n) is 1.09. The monoisotopic (exact) mass is 167 g/mol. The summed E-state index contributed by atoms with van der Waals surface area (Å²) in [7, 11) is 0. The Kier molecular flexibility index (Phi) is 2.52. The van der Waals surface area contributed by atoms with E-state index in [2.05, 4.69) is 5.32 Å². The van der Waals surface area contributed by atoms with Crippen molar-refractivity contribution < 1.29 is 8.78 Å². The topological polar surface area (TPSA) is 12.0 Å². The van der Waals surface area contributed by atoms with Gasteiger partial charge in [0.05, 0.1) is 6.54 Å². The molecule has 1 rings (SSSR count). The molecule has 0 spiro atoms. The van der Waals surface area contributed by atoms with Gasteiger partial charge in [-0.15, -0.1) is 0 Å². The van der Waals surface area contributed by atoms with Crippen molar-refractivity contribution in [3.63, 3.8) is 0 Å². The molecule has 1 aliphatic rings. The molecule has 0 aromatic rings. The van der Waals surface area contributed by atoms with E-state index in [1.807, 2.05) is 6.26 Å². The van der Waals surface area contributed by atoms with E-state index in [-0.39, 0.29) is 6.54 Å². The maximum Gasteiger partial charge on any atom is 0.265 e. The minimum Gasteiger partial charge on any atom is -0.311 e. The van der Waals surface area contributed by atoms with Gasteiger partial charge in [-0.05, 0) is 6.26 Å². The van der Waals surface area contributed by atoms with Crippen molar-refractivity contribution in [3.05, 3.63) is 0 Å². The van der Waals surface area contributed by atoms with Crippen LogP contribution in [-0.2, 0) is 0 Å². The number of thioether (sulfide) groups is 1. The zero-order valence-electron chi connectivity index (χ0n) is 5.86. The number of hydrogen-bond donors (Lipinski definition) is 1. The van der Waals surface area contributed by atoms with Crippen molar-refractivity contribution >= 4 is 11.8 Å². The number of halogens is 2. The first-order valence-electron chi connectivity index (χ1n) is 3.24. The summed E-state index contributed by atoms with van der Waals surface area (Å²) in [6.45, 7) is 0.325. The third kappa shape index (κ3) is 1.61. The van der Waals surface area contributed by atoms with Gasteiger partial charge >= 0.3 is 0 Å². The van der Waals surface area contributed by atoms with Crippen LogP contribution < -0.4 is 5.32 Å². The third-order valence-electron chi connectivity index (χ3n) is 1.72. The second-order valence-corrected chi connectivity index (χ2v) is 3.45. The first-order valence-corrected chi connectivity index (χ1v) is 4.63. The molecule has 1 aliphatic heterocycles. The van der Waals surface area contributed by atoms with Crippen LogP contribution in [0.1, 0.15) is 0 Å². The number of hydrogen-bond acceptors (Lipinski definition) is 2. The Labute approximate surface area is 63.6 Å². The van der Waals surface area contributed by atoms with E-state index in [0.717, 1.165) is 0 Å². The Balaban J connectivity index is 2.43. The molecule has 1 fully saturated rings. The first kappa shape index (κ1) is 8.27. The molecule has 0 saturated carbocycles. The van der Waals surface area contributed by atoms with E-state index in [4.69, 9.17) is 0 Å². The second kappa shape index (κ2) is 3.05. The Morgan fingerprint density at radius 3 is 2.80 bits per heavy atom. The lowest BCUT2D eigenvalue weighted by Gasteiger charge is -2.15. The second-order valence-electron chi connectivity index (χ2n) is 2.54. The average Bonchev–Trinajstić information content (AvgIpc) is 2.13. The third-order valence-corrected chi connectivity index (χ3v) is 2.45. The van der Waals surface area contributed by atoms with Crippen LogP contribution in [0.4, 0.5) is 8.78 Å². The highest BCUT2D eigenvalue weighted by molar-refractivity contribution is 7.98. The van der Waals surface area contributed by atoms with Gasteiger partial charge in [0.15, 0.2) is 0 Å². The Morgan fingerprint density at radius 2 is 2.40 bits per heavy atom. The van der Waals surface area contributed by atoms with E-state index in [1.165, 1.54) is 11.8 Å². The van der Waals surface area contributed by atoms with Crippen molar-refractivity contribution in [2.45, 2.75) is 5.92 Å². The normalized spacial score (nSPS) is 30.9. The maximum atomic E-state index is 12.7. The van der Waals surface area contributed by atoms with Crippen LogP contribution in [0, 0.1) is 5.92 Å². The molecule has 60 valence electrons. The van der Waals surface area contributed by atoms with Gasteiger partial charge in [0.2, 0.25) is 0 Å². The van der Waals surface area contributed by atoms with Crippen molar-refractivity contribution in [1.82, 2.24) is 5.32 Å². The number of rotatable bonds is 2. The molecule has 0 aliphatic carbocycles. The van der Waals surface area contributed by atoms with Crippen LogP contribution in [-0.4, -0.2) is 31.0 Å². The van der Waals surface area contributed by atoms with Crippen LogP contribution >= 0.6 is 11.8 Å². The lowest BCUT2D eigenvalue weighted by atomic mass is 10.1. The molecule has 1 saturated heterocycles. The highest BCUT2D eigenvalue weighted by Crippen LogP contribution is 2.29. The molecule has 1 unspecified atom stereocenters. The summed E-state index contributed by atoms with van der Waals surface area (Å²) < 4.78 is 25.4. The Hall–Kier alpha value is 0.170. The van der Waals surface area contributed by atoms with Gasteiger partial charge in [-0.1, -0.05) is 0 Å². The molecular formula is C6H11F2NS. The quantitative estimate of drug-likeness (QED) is 0.663. The minimum atomic E-state index is -2.47. The van der Waals surface area contributed by atoms with E-state index < -0.39 is 11.8 Å². The molecule has 1 heterocycles. The van der Waals surface area contributed by atoms with Gasteiger partial charge < -0.3 is 5.32 Å². The number of alkyl halides is 2. The van der Waals surface area contributed by atoms with Crippen LogP contribution in [0.15, 0.2) is 0 Å². The molecular weight excluding hydrogens is 156 g/mol. The lowest BCUT2D eigenvalue weighted by molar-refractivity contribution is -0.0130. The zero-order chi connectivity index (χ0) is 7.61. The lowest BCUT2D eigenvalue weighted by Crippen LogP contribution is -2.28. The van der Waals surface area contributed by atoms with Gasteiger partial charge in [0, 0.05) is 18.2 Å². The fourth-order valence-corrected chi connectivity index (χ4v) is 1.85. The summed E-state index contributed by atoms with van der Waals surface area (Å²) in [5, 5.41) is 2.68. The van der Waals surface area contributed by atoms with E-state index in [9.17, 15) is 8.78 Å². The van der Waals surface area contributed by atoms with E-state index in [1.54, 1.807) is 0 Å². The van der Waals surface area contributed by atoms with Crippen LogP contribution in [0.3, 0.4) is 0 Å². The summed E-state index contributed by atoms with van der Waals surface area (Å²) in [6.07, 6.45) is 1.86. The molecule has 4 heteroatoms. The molecule has 0 amide bonds. The highest BCUT2D eigenvalue weighted by Gasteiger charge is 2.43. The predicted octanol–water partition coefficient (Wildman–Crippen LogP) is 1.20.